The van der Waals surface area contributed by atoms with E-state index in [1.54, 1.807) is 15.9 Å². The summed E-state index contributed by atoms with van der Waals surface area (Å²) in [6, 6.07) is 15.3. The molecule has 0 aliphatic carbocycles. The number of carbonyl (C=O) groups is 2. The first-order valence-corrected chi connectivity index (χ1v) is 9.95. The van der Waals surface area contributed by atoms with Crippen molar-refractivity contribution in [1.82, 2.24) is 4.90 Å². The van der Waals surface area contributed by atoms with Gasteiger partial charge < -0.3 is 14.9 Å². The number of piperidine rings is 1. The molecule has 0 spiro atoms. The van der Waals surface area contributed by atoms with Gasteiger partial charge in [0.1, 0.15) is 0 Å². The van der Waals surface area contributed by atoms with Crippen molar-refractivity contribution in [3.63, 3.8) is 0 Å². The molecule has 0 aromatic heterocycles. The van der Waals surface area contributed by atoms with Gasteiger partial charge in [-0.25, -0.2) is 0 Å². The first kappa shape index (κ1) is 18.7. The molecule has 2 aliphatic rings. The van der Waals surface area contributed by atoms with Crippen LogP contribution in [0, 0.1) is 6.92 Å². The lowest BCUT2D eigenvalue weighted by atomic mass is 9.83. The van der Waals surface area contributed by atoms with Crippen molar-refractivity contribution in [2.75, 3.05) is 24.5 Å². The van der Waals surface area contributed by atoms with E-state index in [1.165, 1.54) is 0 Å². The number of nitrogens with zero attached hydrogens (tertiary/aromatic N) is 2. The predicted molar refractivity (Wildman–Crippen MR) is 108 cm³/mol. The largest absolute Gasteiger partial charge is 0.385 e. The van der Waals surface area contributed by atoms with Gasteiger partial charge in [0.2, 0.25) is 5.91 Å². The second kappa shape index (κ2) is 7.40. The fourth-order valence-electron chi connectivity index (χ4n) is 4.21. The molecule has 1 N–H and O–H groups in total. The molecule has 2 amide bonds. The summed E-state index contributed by atoms with van der Waals surface area (Å²) >= 11 is 0. The van der Waals surface area contributed by atoms with Crippen molar-refractivity contribution in [2.45, 2.75) is 38.2 Å². The highest BCUT2D eigenvalue weighted by molar-refractivity contribution is 5.99. The SMILES string of the molecule is Cc1cccc(C2(O)CCN(C(=O)c3cccc(N4CCCC4=O)c3)CC2)c1. The predicted octanol–water partition coefficient (Wildman–Crippen LogP) is 3.25. The Kier molecular flexibility index (Phi) is 4.94. The minimum Gasteiger partial charge on any atom is -0.385 e. The molecule has 2 aliphatic heterocycles. The molecule has 0 saturated carbocycles. The minimum atomic E-state index is -0.882. The summed E-state index contributed by atoms with van der Waals surface area (Å²) < 4.78 is 0. The van der Waals surface area contributed by atoms with Crippen LogP contribution in [0.1, 0.15) is 47.2 Å². The highest BCUT2D eigenvalue weighted by Gasteiger charge is 2.35. The number of anilines is 1. The second-order valence-electron chi connectivity index (χ2n) is 7.89. The van der Waals surface area contributed by atoms with Crippen LogP contribution in [0.25, 0.3) is 0 Å². The molecular weight excluding hydrogens is 352 g/mol. The molecular formula is C23H26N2O3. The van der Waals surface area contributed by atoms with Crippen molar-refractivity contribution in [3.05, 3.63) is 65.2 Å². The van der Waals surface area contributed by atoms with Crippen LogP contribution >= 0.6 is 0 Å². The Bertz CT molecular complexity index is 900. The Hall–Kier alpha value is -2.66. The molecule has 0 unspecified atom stereocenters. The third kappa shape index (κ3) is 3.54. The third-order valence-corrected chi connectivity index (χ3v) is 5.91. The van der Waals surface area contributed by atoms with Crippen LogP contribution in [0.2, 0.25) is 0 Å². The molecule has 2 aromatic carbocycles. The molecule has 28 heavy (non-hydrogen) atoms. The average molecular weight is 378 g/mol. The molecule has 146 valence electrons. The Morgan fingerprint density at radius 3 is 2.46 bits per heavy atom. The van der Waals surface area contributed by atoms with E-state index in [2.05, 4.69) is 0 Å². The van der Waals surface area contributed by atoms with Gasteiger partial charge in [-0.2, -0.15) is 0 Å². The molecule has 5 nitrogen and oxygen atoms in total. The topological polar surface area (TPSA) is 60.9 Å². The lowest BCUT2D eigenvalue weighted by Crippen LogP contribution is -2.45. The summed E-state index contributed by atoms with van der Waals surface area (Å²) in [5.41, 5.74) is 2.55. The Morgan fingerprint density at radius 2 is 1.79 bits per heavy atom. The van der Waals surface area contributed by atoms with Crippen LogP contribution in [-0.4, -0.2) is 41.5 Å². The van der Waals surface area contributed by atoms with Gasteiger partial charge in [0.05, 0.1) is 5.60 Å². The van der Waals surface area contributed by atoms with E-state index in [4.69, 9.17) is 0 Å². The Labute approximate surface area is 165 Å². The summed E-state index contributed by atoms with van der Waals surface area (Å²) in [7, 11) is 0. The molecule has 0 bridgehead atoms. The smallest absolute Gasteiger partial charge is 0.253 e. The highest BCUT2D eigenvalue weighted by Crippen LogP contribution is 2.34. The molecule has 0 radical (unpaired) electrons. The van der Waals surface area contributed by atoms with E-state index >= 15 is 0 Å². The van der Waals surface area contributed by atoms with E-state index in [0.29, 0.717) is 44.5 Å². The van der Waals surface area contributed by atoms with Gasteiger partial charge in [-0.1, -0.05) is 35.9 Å². The number of amides is 2. The van der Waals surface area contributed by atoms with Crippen molar-refractivity contribution < 1.29 is 14.7 Å². The lowest BCUT2D eigenvalue weighted by molar-refractivity contribution is -0.117. The summed E-state index contributed by atoms with van der Waals surface area (Å²) in [6.07, 6.45) is 2.47. The minimum absolute atomic E-state index is 0.0419. The number of hydrogen-bond acceptors (Lipinski definition) is 3. The zero-order valence-corrected chi connectivity index (χ0v) is 16.2. The average Bonchev–Trinajstić information content (AvgIpc) is 3.14. The number of hydrogen-bond donors (Lipinski definition) is 1. The maximum absolute atomic E-state index is 13.0. The van der Waals surface area contributed by atoms with E-state index < -0.39 is 5.60 Å². The van der Waals surface area contributed by atoms with Gasteiger partial charge in [0.25, 0.3) is 5.91 Å². The monoisotopic (exact) mass is 378 g/mol. The summed E-state index contributed by atoms with van der Waals surface area (Å²) in [5.74, 6) is 0.0746. The Morgan fingerprint density at radius 1 is 1.04 bits per heavy atom. The first-order valence-electron chi connectivity index (χ1n) is 9.95. The number of benzene rings is 2. The lowest BCUT2D eigenvalue weighted by Gasteiger charge is -2.38. The van der Waals surface area contributed by atoms with Crippen molar-refractivity contribution >= 4 is 17.5 Å². The van der Waals surface area contributed by atoms with Gasteiger partial charge in [-0.15, -0.1) is 0 Å². The molecule has 4 rings (SSSR count). The van der Waals surface area contributed by atoms with Crippen molar-refractivity contribution in [1.29, 1.82) is 0 Å². The molecule has 0 atom stereocenters. The van der Waals surface area contributed by atoms with Crippen LogP contribution in [0.15, 0.2) is 48.5 Å². The maximum atomic E-state index is 13.0. The van der Waals surface area contributed by atoms with Crippen LogP contribution < -0.4 is 4.90 Å². The number of carbonyl (C=O) groups excluding carboxylic acids is 2. The summed E-state index contributed by atoms with van der Waals surface area (Å²) in [5, 5.41) is 11.1. The summed E-state index contributed by atoms with van der Waals surface area (Å²) in [6.45, 7) is 3.75. The number of aliphatic hydroxyl groups is 1. The van der Waals surface area contributed by atoms with Gasteiger partial charge >= 0.3 is 0 Å². The van der Waals surface area contributed by atoms with E-state index in [-0.39, 0.29) is 11.8 Å². The Balaban J connectivity index is 1.46. The third-order valence-electron chi connectivity index (χ3n) is 5.91. The van der Waals surface area contributed by atoms with Crippen molar-refractivity contribution in [2.24, 2.45) is 0 Å². The normalized spacial score (nSPS) is 19.1. The molecule has 2 saturated heterocycles. The number of rotatable bonds is 3. The first-order chi connectivity index (χ1) is 13.5. The van der Waals surface area contributed by atoms with Crippen LogP contribution in [0.4, 0.5) is 5.69 Å². The quantitative estimate of drug-likeness (QED) is 0.892. The highest BCUT2D eigenvalue weighted by atomic mass is 16.3. The van der Waals surface area contributed by atoms with Crippen LogP contribution in [0.5, 0.6) is 0 Å². The molecule has 2 fully saturated rings. The number of aryl methyl sites for hydroxylation is 1. The van der Waals surface area contributed by atoms with E-state index in [1.807, 2.05) is 49.4 Å². The standard InChI is InChI=1S/C23H26N2O3/c1-17-5-2-7-19(15-17)23(28)10-13-24(14-11-23)22(27)18-6-3-8-20(16-18)25-12-4-9-21(25)26/h2-3,5-8,15-16,28H,4,9-14H2,1H3. The zero-order valence-electron chi connectivity index (χ0n) is 16.2. The molecule has 2 aromatic rings. The van der Waals surface area contributed by atoms with Crippen molar-refractivity contribution in [3.8, 4) is 0 Å². The van der Waals surface area contributed by atoms with E-state index in [9.17, 15) is 14.7 Å². The van der Waals surface area contributed by atoms with Crippen LogP contribution in [0.3, 0.4) is 0 Å². The van der Waals surface area contributed by atoms with Gasteiger partial charge in [0, 0.05) is 37.3 Å². The molecule has 5 heteroatoms. The van der Waals surface area contributed by atoms with Crippen LogP contribution in [-0.2, 0) is 10.4 Å². The van der Waals surface area contributed by atoms with Gasteiger partial charge in [0.15, 0.2) is 0 Å². The molecule has 2 heterocycles. The van der Waals surface area contributed by atoms with Gasteiger partial charge in [-0.05, 0) is 49.9 Å². The number of likely N-dealkylation sites (tertiary alicyclic amines) is 1. The fraction of sp³-hybridized carbons (Fsp3) is 0.391. The second-order valence-corrected chi connectivity index (χ2v) is 7.89. The maximum Gasteiger partial charge on any atom is 0.253 e. The fourth-order valence-corrected chi connectivity index (χ4v) is 4.21. The summed E-state index contributed by atoms with van der Waals surface area (Å²) in [4.78, 5) is 28.5. The zero-order chi connectivity index (χ0) is 19.7. The van der Waals surface area contributed by atoms with E-state index in [0.717, 1.165) is 23.2 Å². The van der Waals surface area contributed by atoms with Gasteiger partial charge in [-0.3, -0.25) is 9.59 Å².